The van der Waals surface area contributed by atoms with Crippen LogP contribution in [0, 0.1) is 5.82 Å². The Kier molecular flexibility index (Phi) is 6.74. The first-order chi connectivity index (χ1) is 14.9. The Bertz CT molecular complexity index is 1200. The minimum Gasteiger partial charge on any atom is -0.492 e. The van der Waals surface area contributed by atoms with Crippen molar-refractivity contribution in [3.8, 4) is 5.75 Å². The molecule has 4 N–H and O–H groups in total. The van der Waals surface area contributed by atoms with Crippen molar-refractivity contribution in [3.63, 3.8) is 0 Å². The maximum Gasteiger partial charge on any atom is 0.394 e. The summed E-state index contributed by atoms with van der Waals surface area (Å²) in [7, 11) is -3.21. The number of halogens is 1. The molecule has 1 aromatic heterocycles. The van der Waals surface area contributed by atoms with Gasteiger partial charge in [0.25, 0.3) is 0 Å². The third-order valence-electron chi connectivity index (χ3n) is 5.26. The van der Waals surface area contributed by atoms with Gasteiger partial charge in [0, 0.05) is 37.9 Å². The molecule has 1 aliphatic heterocycles. The summed E-state index contributed by atoms with van der Waals surface area (Å²) >= 11 is 0. The molecule has 0 spiro atoms. The second-order valence-corrected chi connectivity index (χ2v) is 8.60. The number of carbonyl (C=O) groups is 1. The van der Waals surface area contributed by atoms with E-state index in [1.54, 1.807) is 4.57 Å². The summed E-state index contributed by atoms with van der Waals surface area (Å²) in [4.78, 5) is 26.1. The molecule has 1 saturated heterocycles. The van der Waals surface area contributed by atoms with Gasteiger partial charge < -0.3 is 24.6 Å². The Balaban J connectivity index is 0.000000523. The molecule has 13 heteroatoms. The molecule has 1 aliphatic carbocycles. The van der Waals surface area contributed by atoms with Crippen LogP contribution in [0.5, 0.6) is 5.75 Å². The van der Waals surface area contributed by atoms with E-state index in [-0.39, 0.29) is 23.0 Å². The number of nitrogens with one attached hydrogen (secondary N) is 1. The average Bonchev–Trinajstić information content (AvgIpc) is 3.51. The van der Waals surface area contributed by atoms with Gasteiger partial charge in [-0.3, -0.25) is 13.9 Å². The molecular formula is C19H24FN3O8S. The molecule has 2 aliphatic rings. The van der Waals surface area contributed by atoms with Gasteiger partial charge in [0.15, 0.2) is 11.6 Å². The van der Waals surface area contributed by atoms with Gasteiger partial charge in [0.05, 0.1) is 18.0 Å². The highest BCUT2D eigenvalue weighted by Crippen LogP contribution is 2.43. The number of hydrogen-bond acceptors (Lipinski definition) is 7. The Hall–Kier alpha value is -2.74. The lowest BCUT2D eigenvalue weighted by Crippen LogP contribution is -2.49. The van der Waals surface area contributed by atoms with Crippen molar-refractivity contribution in [1.29, 1.82) is 0 Å². The number of carboxylic acids is 1. The number of anilines is 1. The van der Waals surface area contributed by atoms with E-state index in [0.717, 1.165) is 25.5 Å². The summed E-state index contributed by atoms with van der Waals surface area (Å²) in [6.07, 6.45) is 3.14. The van der Waals surface area contributed by atoms with Gasteiger partial charge >= 0.3 is 16.4 Å². The van der Waals surface area contributed by atoms with E-state index in [1.165, 1.54) is 13.3 Å². The predicted molar refractivity (Wildman–Crippen MR) is 114 cm³/mol. The summed E-state index contributed by atoms with van der Waals surface area (Å²) in [6, 6.07) is 1.45. The number of carboxylic acid groups (broad SMARTS) is 1. The molecule has 4 rings (SSSR count). The van der Waals surface area contributed by atoms with Crippen molar-refractivity contribution in [1.82, 2.24) is 9.88 Å². The lowest BCUT2D eigenvalue weighted by atomic mass is 10.1. The zero-order valence-electron chi connectivity index (χ0n) is 17.4. The fourth-order valence-corrected chi connectivity index (χ4v) is 3.86. The van der Waals surface area contributed by atoms with Crippen LogP contribution in [0.4, 0.5) is 10.1 Å². The van der Waals surface area contributed by atoms with Gasteiger partial charge in [0.1, 0.15) is 11.3 Å². The van der Waals surface area contributed by atoms with Crippen LogP contribution in [0.25, 0.3) is 10.9 Å². The number of aromatic nitrogens is 1. The number of ether oxygens (including phenoxy) is 1. The molecule has 1 saturated carbocycles. The van der Waals surface area contributed by atoms with E-state index in [1.807, 2.05) is 11.8 Å². The second kappa shape index (κ2) is 9.02. The topological polar surface area (TPSA) is 158 Å². The van der Waals surface area contributed by atoms with Crippen LogP contribution in [0.1, 0.15) is 36.2 Å². The summed E-state index contributed by atoms with van der Waals surface area (Å²) in [5.41, 5.74) is -0.237. The SMILES string of the molecule is COc1c(N2CCN[C@@H](C)C2)c(F)cc2c(=O)c(C(=O)O)cn(C3CC3)c12.O=S(=O)(O)O. The third-order valence-corrected chi connectivity index (χ3v) is 5.26. The molecule has 2 heterocycles. The predicted octanol–water partition coefficient (Wildman–Crippen LogP) is 1.33. The van der Waals surface area contributed by atoms with Crippen molar-refractivity contribution in [2.24, 2.45) is 0 Å². The normalized spacial score (nSPS) is 18.8. The van der Waals surface area contributed by atoms with Crippen molar-refractivity contribution in [3.05, 3.63) is 33.9 Å². The van der Waals surface area contributed by atoms with Crippen LogP contribution in [0.2, 0.25) is 0 Å². The first-order valence-electron chi connectivity index (χ1n) is 9.79. The molecule has 2 aromatic rings. The van der Waals surface area contributed by atoms with E-state index >= 15 is 4.39 Å². The quantitative estimate of drug-likeness (QED) is 0.477. The van der Waals surface area contributed by atoms with Crippen molar-refractivity contribution in [2.45, 2.75) is 31.8 Å². The summed E-state index contributed by atoms with van der Waals surface area (Å²) in [5, 5.41) is 12.7. The van der Waals surface area contributed by atoms with Crippen molar-refractivity contribution >= 4 is 33.0 Å². The fraction of sp³-hybridized carbons (Fsp3) is 0.474. The molecule has 1 aromatic carbocycles. The van der Waals surface area contributed by atoms with Crippen molar-refractivity contribution < 1.29 is 36.6 Å². The molecule has 2 fully saturated rings. The summed E-state index contributed by atoms with van der Waals surface area (Å²) < 4.78 is 54.0. The largest absolute Gasteiger partial charge is 0.492 e. The fourth-order valence-electron chi connectivity index (χ4n) is 3.86. The zero-order chi connectivity index (χ0) is 23.8. The van der Waals surface area contributed by atoms with Crippen LogP contribution >= 0.6 is 0 Å². The van der Waals surface area contributed by atoms with Crippen molar-refractivity contribution in [2.75, 3.05) is 31.6 Å². The number of rotatable bonds is 4. The number of nitrogens with zero attached hydrogens (tertiary/aromatic N) is 2. The van der Waals surface area contributed by atoms with Gasteiger partial charge in [-0.15, -0.1) is 0 Å². The monoisotopic (exact) mass is 473 g/mol. The number of methoxy groups -OCH3 is 1. The number of fused-ring (bicyclic) bond motifs is 1. The van der Waals surface area contributed by atoms with Gasteiger partial charge in [-0.05, 0) is 25.8 Å². The maximum atomic E-state index is 15.1. The molecule has 176 valence electrons. The lowest BCUT2D eigenvalue weighted by molar-refractivity contribution is 0.0694. The third kappa shape index (κ3) is 5.18. The highest BCUT2D eigenvalue weighted by atomic mass is 32.3. The summed E-state index contributed by atoms with van der Waals surface area (Å²) in [6.45, 7) is 3.97. The molecule has 0 radical (unpaired) electrons. The first-order valence-corrected chi connectivity index (χ1v) is 11.2. The molecular weight excluding hydrogens is 449 g/mol. The van der Waals surface area contributed by atoms with Gasteiger partial charge in [0.2, 0.25) is 5.43 Å². The van der Waals surface area contributed by atoms with Crippen LogP contribution in [-0.2, 0) is 10.4 Å². The van der Waals surface area contributed by atoms with Crippen LogP contribution < -0.4 is 20.4 Å². The molecule has 1 atom stereocenters. The maximum absolute atomic E-state index is 15.1. The molecule has 0 amide bonds. The number of aromatic carboxylic acids is 1. The minimum absolute atomic E-state index is 0.0445. The molecule has 0 bridgehead atoms. The van der Waals surface area contributed by atoms with Crippen LogP contribution in [0.3, 0.4) is 0 Å². The minimum atomic E-state index is -4.67. The number of pyridine rings is 1. The first kappa shape index (κ1) is 23.9. The zero-order valence-corrected chi connectivity index (χ0v) is 18.2. The second-order valence-electron chi connectivity index (χ2n) is 7.70. The lowest BCUT2D eigenvalue weighted by Gasteiger charge is -2.35. The highest BCUT2D eigenvalue weighted by Gasteiger charge is 2.32. The number of piperazine rings is 1. The molecule has 0 unspecified atom stereocenters. The smallest absolute Gasteiger partial charge is 0.394 e. The van der Waals surface area contributed by atoms with E-state index in [4.69, 9.17) is 22.3 Å². The Morgan fingerprint density at radius 3 is 2.44 bits per heavy atom. The molecule has 11 nitrogen and oxygen atoms in total. The van der Waals surface area contributed by atoms with Gasteiger partial charge in [-0.1, -0.05) is 0 Å². The van der Waals surface area contributed by atoms with Gasteiger partial charge in [-0.2, -0.15) is 8.42 Å². The summed E-state index contributed by atoms with van der Waals surface area (Å²) in [5.74, 6) is -1.59. The van der Waals surface area contributed by atoms with Crippen LogP contribution in [0.15, 0.2) is 17.1 Å². The van der Waals surface area contributed by atoms with E-state index in [0.29, 0.717) is 30.0 Å². The van der Waals surface area contributed by atoms with E-state index < -0.39 is 27.6 Å². The highest BCUT2D eigenvalue weighted by molar-refractivity contribution is 7.79. The number of hydrogen-bond donors (Lipinski definition) is 4. The van der Waals surface area contributed by atoms with Crippen LogP contribution in [-0.4, -0.2) is 66.0 Å². The van der Waals surface area contributed by atoms with Gasteiger partial charge in [-0.25, -0.2) is 9.18 Å². The Labute approximate surface area is 183 Å². The van der Waals surface area contributed by atoms with E-state index in [9.17, 15) is 14.7 Å². The van der Waals surface area contributed by atoms with E-state index in [2.05, 4.69) is 5.32 Å². The number of benzene rings is 1. The Morgan fingerprint density at radius 1 is 1.31 bits per heavy atom. The average molecular weight is 473 g/mol. The standard InChI is InChI=1S/C19H22FN3O4.H2O4S/c1-10-8-22(6-5-21-10)16-14(20)7-12-15(18(16)27-2)23(11-3-4-11)9-13(17(12)24)19(25)26;1-5(2,3)4/h7,9-11,21H,3-6,8H2,1-2H3,(H,25,26);(H2,1,2,3,4)/t10-;/m0./s1. The molecule has 32 heavy (non-hydrogen) atoms. The Morgan fingerprint density at radius 2 is 1.94 bits per heavy atom.